The molecular formula is C15H31NO. The van der Waals surface area contributed by atoms with Gasteiger partial charge in [-0.15, -0.1) is 0 Å². The van der Waals surface area contributed by atoms with E-state index in [4.69, 9.17) is 4.74 Å². The van der Waals surface area contributed by atoms with Gasteiger partial charge < -0.3 is 10.1 Å². The van der Waals surface area contributed by atoms with Gasteiger partial charge in [0.15, 0.2) is 0 Å². The van der Waals surface area contributed by atoms with Gasteiger partial charge in [-0.25, -0.2) is 0 Å². The summed E-state index contributed by atoms with van der Waals surface area (Å²) in [5, 5.41) is 3.47. The lowest BCUT2D eigenvalue weighted by Gasteiger charge is -2.29. The number of likely N-dealkylation sites (N-methyl/N-ethyl adjacent to an activating group) is 1. The summed E-state index contributed by atoms with van der Waals surface area (Å²) in [6.07, 6.45) is 11.9. The molecule has 102 valence electrons. The Morgan fingerprint density at radius 2 is 1.71 bits per heavy atom. The van der Waals surface area contributed by atoms with Crippen molar-refractivity contribution in [2.75, 3.05) is 19.7 Å². The summed E-state index contributed by atoms with van der Waals surface area (Å²) in [5.41, 5.74) is 0.181. The fourth-order valence-electron chi connectivity index (χ4n) is 2.74. The lowest BCUT2D eigenvalue weighted by Crippen LogP contribution is -2.41. The van der Waals surface area contributed by atoms with Crippen LogP contribution < -0.4 is 5.32 Å². The van der Waals surface area contributed by atoms with Crippen LogP contribution in [-0.4, -0.2) is 25.3 Å². The van der Waals surface area contributed by atoms with Crippen LogP contribution in [0.5, 0.6) is 0 Å². The van der Waals surface area contributed by atoms with Crippen molar-refractivity contribution in [1.29, 1.82) is 0 Å². The zero-order valence-corrected chi connectivity index (χ0v) is 11.9. The lowest BCUT2D eigenvalue weighted by atomic mass is 10.0. The molecule has 2 nitrogen and oxygen atoms in total. The third kappa shape index (κ3) is 5.87. The minimum absolute atomic E-state index is 0.181. The first-order valence-electron chi connectivity index (χ1n) is 7.67. The van der Waals surface area contributed by atoms with E-state index < -0.39 is 0 Å². The van der Waals surface area contributed by atoms with Crippen LogP contribution in [0, 0.1) is 0 Å². The lowest BCUT2D eigenvalue weighted by molar-refractivity contribution is -0.0405. The molecule has 0 bridgehead atoms. The molecule has 1 saturated carbocycles. The Bertz CT molecular complexity index is 176. The van der Waals surface area contributed by atoms with Crippen molar-refractivity contribution in [1.82, 2.24) is 5.32 Å². The number of rotatable bonds is 10. The summed E-state index contributed by atoms with van der Waals surface area (Å²) in [6, 6.07) is 0. The molecule has 1 rings (SSSR count). The molecule has 1 aliphatic carbocycles. The Labute approximate surface area is 108 Å². The number of ether oxygens (including phenoxy) is 1. The summed E-state index contributed by atoms with van der Waals surface area (Å²) >= 11 is 0. The Balaban J connectivity index is 2.12. The predicted octanol–water partition coefficient (Wildman–Crippen LogP) is 3.90. The minimum atomic E-state index is 0.181. The topological polar surface area (TPSA) is 21.3 Å². The number of nitrogens with one attached hydrogen (secondary N) is 1. The number of unbranched alkanes of at least 4 members (excludes halogenated alkanes) is 4. The smallest absolute Gasteiger partial charge is 0.0806 e. The van der Waals surface area contributed by atoms with Crippen molar-refractivity contribution in [2.45, 2.75) is 77.2 Å². The number of hydrogen-bond acceptors (Lipinski definition) is 2. The summed E-state index contributed by atoms with van der Waals surface area (Å²) in [6.45, 7) is 7.52. The maximum atomic E-state index is 6.21. The van der Waals surface area contributed by atoms with Crippen LogP contribution in [0.3, 0.4) is 0 Å². The maximum absolute atomic E-state index is 6.21. The molecule has 1 aliphatic rings. The van der Waals surface area contributed by atoms with Gasteiger partial charge in [0.05, 0.1) is 5.60 Å². The van der Waals surface area contributed by atoms with Crippen LogP contribution in [0.15, 0.2) is 0 Å². The van der Waals surface area contributed by atoms with Gasteiger partial charge in [-0.2, -0.15) is 0 Å². The summed E-state index contributed by atoms with van der Waals surface area (Å²) < 4.78 is 6.21. The molecule has 0 spiro atoms. The van der Waals surface area contributed by atoms with E-state index in [9.17, 15) is 0 Å². The van der Waals surface area contributed by atoms with E-state index >= 15 is 0 Å². The van der Waals surface area contributed by atoms with Gasteiger partial charge >= 0.3 is 0 Å². The predicted molar refractivity (Wildman–Crippen MR) is 74.5 cm³/mol. The molecule has 0 aliphatic heterocycles. The van der Waals surface area contributed by atoms with Crippen LogP contribution in [0.25, 0.3) is 0 Å². The van der Waals surface area contributed by atoms with Gasteiger partial charge in [-0.1, -0.05) is 52.4 Å². The molecule has 1 fully saturated rings. The Kier molecular flexibility index (Phi) is 7.87. The van der Waals surface area contributed by atoms with Crippen LogP contribution in [-0.2, 0) is 4.74 Å². The van der Waals surface area contributed by atoms with Crippen molar-refractivity contribution in [3.63, 3.8) is 0 Å². The Hall–Kier alpha value is -0.0800. The van der Waals surface area contributed by atoms with E-state index in [1.807, 2.05) is 0 Å². The molecule has 0 unspecified atom stereocenters. The number of hydrogen-bond donors (Lipinski definition) is 1. The van der Waals surface area contributed by atoms with Crippen molar-refractivity contribution in [3.8, 4) is 0 Å². The van der Waals surface area contributed by atoms with Crippen molar-refractivity contribution in [2.24, 2.45) is 0 Å². The second kappa shape index (κ2) is 8.93. The SMILES string of the molecule is CCCCCCCOC1(CNCC)CCCC1. The molecular weight excluding hydrogens is 210 g/mol. The molecule has 0 radical (unpaired) electrons. The van der Waals surface area contributed by atoms with E-state index in [1.165, 1.54) is 57.8 Å². The van der Waals surface area contributed by atoms with E-state index in [1.54, 1.807) is 0 Å². The molecule has 0 saturated heterocycles. The maximum Gasteiger partial charge on any atom is 0.0806 e. The quantitative estimate of drug-likeness (QED) is 0.586. The van der Waals surface area contributed by atoms with E-state index in [0.717, 1.165) is 19.7 Å². The average molecular weight is 241 g/mol. The first-order valence-corrected chi connectivity index (χ1v) is 7.67. The minimum Gasteiger partial charge on any atom is -0.374 e. The van der Waals surface area contributed by atoms with E-state index in [2.05, 4.69) is 19.2 Å². The van der Waals surface area contributed by atoms with Crippen molar-refractivity contribution < 1.29 is 4.74 Å². The first kappa shape index (κ1) is 15.0. The van der Waals surface area contributed by atoms with E-state index in [-0.39, 0.29) is 5.60 Å². The summed E-state index contributed by atoms with van der Waals surface area (Å²) in [7, 11) is 0. The molecule has 0 aromatic heterocycles. The largest absolute Gasteiger partial charge is 0.374 e. The Morgan fingerprint density at radius 1 is 1.00 bits per heavy atom. The average Bonchev–Trinajstić information content (AvgIpc) is 2.80. The molecule has 0 amide bonds. The Morgan fingerprint density at radius 3 is 2.35 bits per heavy atom. The van der Waals surface area contributed by atoms with Gasteiger partial charge in [0.25, 0.3) is 0 Å². The standard InChI is InChI=1S/C15H31NO/c1-3-5-6-7-10-13-17-15(14-16-4-2)11-8-9-12-15/h16H,3-14H2,1-2H3. The normalized spacial score (nSPS) is 18.7. The molecule has 17 heavy (non-hydrogen) atoms. The van der Waals surface area contributed by atoms with Crippen molar-refractivity contribution in [3.05, 3.63) is 0 Å². The fraction of sp³-hybridized carbons (Fsp3) is 1.00. The summed E-state index contributed by atoms with van der Waals surface area (Å²) in [5.74, 6) is 0. The van der Waals surface area contributed by atoms with Crippen LogP contribution >= 0.6 is 0 Å². The molecule has 2 heteroatoms. The highest BCUT2D eigenvalue weighted by atomic mass is 16.5. The third-order valence-electron chi connectivity index (χ3n) is 3.87. The molecule has 0 aromatic rings. The summed E-state index contributed by atoms with van der Waals surface area (Å²) in [4.78, 5) is 0. The monoisotopic (exact) mass is 241 g/mol. The third-order valence-corrected chi connectivity index (χ3v) is 3.87. The van der Waals surface area contributed by atoms with Crippen LogP contribution in [0.1, 0.15) is 71.6 Å². The van der Waals surface area contributed by atoms with E-state index in [0.29, 0.717) is 0 Å². The second-order valence-electron chi connectivity index (χ2n) is 5.43. The molecule has 1 N–H and O–H groups in total. The molecule has 0 atom stereocenters. The molecule has 0 aromatic carbocycles. The van der Waals surface area contributed by atoms with Gasteiger partial charge in [0.2, 0.25) is 0 Å². The van der Waals surface area contributed by atoms with Crippen LogP contribution in [0.2, 0.25) is 0 Å². The van der Waals surface area contributed by atoms with Crippen LogP contribution in [0.4, 0.5) is 0 Å². The van der Waals surface area contributed by atoms with Gasteiger partial charge in [0.1, 0.15) is 0 Å². The van der Waals surface area contributed by atoms with Gasteiger partial charge in [0, 0.05) is 13.2 Å². The second-order valence-corrected chi connectivity index (χ2v) is 5.43. The highest BCUT2D eigenvalue weighted by Crippen LogP contribution is 2.32. The fourth-order valence-corrected chi connectivity index (χ4v) is 2.74. The van der Waals surface area contributed by atoms with Crippen molar-refractivity contribution >= 4 is 0 Å². The van der Waals surface area contributed by atoms with Gasteiger partial charge in [-0.3, -0.25) is 0 Å². The van der Waals surface area contributed by atoms with Gasteiger partial charge in [-0.05, 0) is 25.8 Å². The zero-order valence-electron chi connectivity index (χ0n) is 11.9. The first-order chi connectivity index (χ1) is 8.33. The molecule has 0 heterocycles. The highest BCUT2D eigenvalue weighted by molar-refractivity contribution is 4.88. The highest BCUT2D eigenvalue weighted by Gasteiger charge is 2.33. The zero-order chi connectivity index (χ0) is 12.4.